The average Bonchev–Trinajstić information content (AvgIpc) is 2.90. The summed E-state index contributed by atoms with van der Waals surface area (Å²) in [5.41, 5.74) is 0.434. The number of nitrogens with one attached hydrogen (secondary N) is 1. The second-order valence-electron chi connectivity index (χ2n) is 5.95. The summed E-state index contributed by atoms with van der Waals surface area (Å²) in [5.74, 6) is -1.81. The van der Waals surface area contributed by atoms with Gasteiger partial charge in [0.1, 0.15) is 0 Å². The summed E-state index contributed by atoms with van der Waals surface area (Å²) in [6.07, 6.45) is 0.475. The minimum atomic E-state index is -3.41. The SMILES string of the molecule is O=C(CN1CCCS1(=O)=O)NC(C(=O)O)c1ccc2ccccc2c1. The highest BCUT2D eigenvalue weighted by atomic mass is 32.2. The molecular formula is C17H18N2O5S. The Kier molecular flexibility index (Phi) is 4.73. The van der Waals surface area contributed by atoms with Crippen LogP contribution in [0.25, 0.3) is 10.8 Å². The molecule has 0 saturated carbocycles. The lowest BCUT2D eigenvalue weighted by atomic mass is 10.0. The van der Waals surface area contributed by atoms with Gasteiger partial charge in [0.2, 0.25) is 15.9 Å². The molecule has 1 heterocycles. The Balaban J connectivity index is 1.78. The lowest BCUT2D eigenvalue weighted by molar-refractivity contribution is -0.142. The van der Waals surface area contributed by atoms with Gasteiger partial charge in [-0.3, -0.25) is 4.79 Å². The van der Waals surface area contributed by atoms with E-state index in [1.54, 1.807) is 18.2 Å². The summed E-state index contributed by atoms with van der Waals surface area (Å²) in [6, 6.07) is 11.4. The number of carbonyl (C=O) groups excluding carboxylic acids is 1. The molecule has 1 aliphatic rings. The first kappa shape index (κ1) is 17.4. The van der Waals surface area contributed by atoms with Crippen LogP contribution in [0.1, 0.15) is 18.0 Å². The number of fused-ring (bicyclic) bond motifs is 1. The molecule has 0 radical (unpaired) electrons. The number of carboxylic acids is 1. The number of rotatable bonds is 5. The predicted octanol–water partition coefficient (Wildman–Crippen LogP) is 1.12. The van der Waals surface area contributed by atoms with E-state index in [1.807, 2.05) is 24.3 Å². The molecule has 1 saturated heterocycles. The third-order valence-corrected chi connectivity index (χ3v) is 6.09. The van der Waals surface area contributed by atoms with Crippen LogP contribution in [0.15, 0.2) is 42.5 Å². The van der Waals surface area contributed by atoms with Crippen molar-refractivity contribution in [3.05, 3.63) is 48.0 Å². The van der Waals surface area contributed by atoms with Gasteiger partial charge in [-0.1, -0.05) is 36.4 Å². The van der Waals surface area contributed by atoms with Gasteiger partial charge in [-0.15, -0.1) is 0 Å². The topological polar surface area (TPSA) is 104 Å². The van der Waals surface area contributed by atoms with Crippen molar-refractivity contribution in [2.75, 3.05) is 18.8 Å². The van der Waals surface area contributed by atoms with Gasteiger partial charge in [0.25, 0.3) is 0 Å². The van der Waals surface area contributed by atoms with Gasteiger partial charge in [0.15, 0.2) is 6.04 Å². The van der Waals surface area contributed by atoms with E-state index in [4.69, 9.17) is 0 Å². The standard InChI is InChI=1S/C17H18N2O5S/c20-15(11-19-8-3-9-25(19,23)24)18-16(17(21)22)14-7-6-12-4-1-2-5-13(12)10-14/h1-2,4-7,10,16H,3,8-9,11H2,(H,18,20)(H,21,22). The van der Waals surface area contributed by atoms with E-state index in [0.29, 0.717) is 12.0 Å². The first-order valence-corrected chi connectivity index (χ1v) is 9.46. The van der Waals surface area contributed by atoms with E-state index in [2.05, 4.69) is 5.32 Å². The number of nitrogens with zero attached hydrogens (tertiary/aromatic N) is 1. The Morgan fingerprint density at radius 1 is 1.16 bits per heavy atom. The molecule has 1 aliphatic heterocycles. The van der Waals surface area contributed by atoms with Gasteiger partial charge in [-0.2, -0.15) is 4.31 Å². The molecule has 0 bridgehead atoms. The number of carboxylic acid groups (broad SMARTS) is 1. The highest BCUT2D eigenvalue weighted by Crippen LogP contribution is 2.21. The minimum absolute atomic E-state index is 0.0211. The lowest BCUT2D eigenvalue weighted by Gasteiger charge is -2.18. The fourth-order valence-corrected chi connectivity index (χ4v) is 4.38. The first-order valence-electron chi connectivity index (χ1n) is 7.85. The molecule has 2 aromatic rings. The van der Waals surface area contributed by atoms with E-state index in [1.165, 1.54) is 0 Å². The molecule has 0 aliphatic carbocycles. The third-order valence-electron chi connectivity index (χ3n) is 4.18. The van der Waals surface area contributed by atoms with Gasteiger partial charge >= 0.3 is 5.97 Å². The molecule has 1 unspecified atom stereocenters. The summed E-state index contributed by atoms with van der Waals surface area (Å²) < 4.78 is 24.6. The maximum absolute atomic E-state index is 12.2. The quantitative estimate of drug-likeness (QED) is 0.829. The smallest absolute Gasteiger partial charge is 0.330 e. The fourth-order valence-electron chi connectivity index (χ4n) is 2.91. The Bertz CT molecular complexity index is 926. The normalized spacial score (nSPS) is 18.1. The van der Waals surface area contributed by atoms with Crippen LogP contribution in [0, 0.1) is 0 Å². The van der Waals surface area contributed by atoms with Crippen LogP contribution in [0.3, 0.4) is 0 Å². The Morgan fingerprint density at radius 2 is 1.88 bits per heavy atom. The summed E-state index contributed by atoms with van der Waals surface area (Å²) in [6.45, 7) is -0.0802. The molecule has 1 fully saturated rings. The van der Waals surface area contributed by atoms with Crippen molar-refractivity contribution in [1.82, 2.24) is 9.62 Å². The highest BCUT2D eigenvalue weighted by Gasteiger charge is 2.31. The zero-order chi connectivity index (χ0) is 18.0. The first-order chi connectivity index (χ1) is 11.9. The second kappa shape index (κ2) is 6.81. The van der Waals surface area contributed by atoms with Crippen LogP contribution in [-0.4, -0.2) is 48.5 Å². The van der Waals surface area contributed by atoms with Crippen LogP contribution in [0.5, 0.6) is 0 Å². The number of sulfonamides is 1. The average molecular weight is 362 g/mol. The number of hydrogen-bond acceptors (Lipinski definition) is 4. The third kappa shape index (κ3) is 3.80. The summed E-state index contributed by atoms with van der Waals surface area (Å²) in [4.78, 5) is 23.7. The molecule has 1 amide bonds. The van der Waals surface area contributed by atoms with Crippen LogP contribution in [0.2, 0.25) is 0 Å². The fraction of sp³-hybridized carbons (Fsp3) is 0.294. The molecular weight excluding hydrogens is 344 g/mol. The van der Waals surface area contributed by atoms with Crippen molar-refractivity contribution >= 4 is 32.7 Å². The van der Waals surface area contributed by atoms with Crippen molar-refractivity contribution in [2.24, 2.45) is 0 Å². The van der Waals surface area contributed by atoms with Gasteiger partial charge in [-0.05, 0) is 28.8 Å². The number of hydrogen-bond donors (Lipinski definition) is 2. The number of amides is 1. The van der Waals surface area contributed by atoms with Gasteiger partial charge in [-0.25, -0.2) is 13.2 Å². The van der Waals surface area contributed by atoms with Gasteiger partial charge in [0.05, 0.1) is 12.3 Å². The summed E-state index contributed by atoms with van der Waals surface area (Å²) >= 11 is 0. The van der Waals surface area contributed by atoms with E-state index >= 15 is 0 Å². The number of aliphatic carboxylic acids is 1. The van der Waals surface area contributed by atoms with Gasteiger partial charge in [0, 0.05) is 6.54 Å². The monoisotopic (exact) mass is 362 g/mol. The van der Waals surface area contributed by atoms with Crippen molar-refractivity contribution in [1.29, 1.82) is 0 Å². The van der Waals surface area contributed by atoms with E-state index in [0.717, 1.165) is 15.1 Å². The molecule has 2 N–H and O–H groups in total. The van der Waals surface area contributed by atoms with Gasteiger partial charge < -0.3 is 10.4 Å². The Morgan fingerprint density at radius 3 is 2.52 bits per heavy atom. The molecule has 7 nitrogen and oxygen atoms in total. The van der Waals surface area contributed by atoms with Crippen LogP contribution < -0.4 is 5.32 Å². The van der Waals surface area contributed by atoms with Crippen molar-refractivity contribution in [2.45, 2.75) is 12.5 Å². The van der Waals surface area contributed by atoms with Crippen LogP contribution >= 0.6 is 0 Å². The van der Waals surface area contributed by atoms with Crippen molar-refractivity contribution < 1.29 is 23.1 Å². The lowest BCUT2D eigenvalue weighted by Crippen LogP contribution is -2.41. The highest BCUT2D eigenvalue weighted by molar-refractivity contribution is 7.89. The zero-order valence-corrected chi connectivity index (χ0v) is 14.2. The van der Waals surface area contributed by atoms with E-state index in [-0.39, 0.29) is 18.8 Å². The molecule has 132 valence electrons. The summed E-state index contributed by atoms with van der Waals surface area (Å²) in [5, 5.41) is 13.7. The largest absolute Gasteiger partial charge is 0.479 e. The zero-order valence-electron chi connectivity index (χ0n) is 13.4. The number of carbonyl (C=O) groups is 2. The molecule has 3 rings (SSSR count). The van der Waals surface area contributed by atoms with E-state index < -0.39 is 27.9 Å². The maximum Gasteiger partial charge on any atom is 0.330 e. The summed E-state index contributed by atoms with van der Waals surface area (Å²) in [7, 11) is -3.41. The molecule has 8 heteroatoms. The van der Waals surface area contributed by atoms with Crippen LogP contribution in [0.4, 0.5) is 0 Å². The predicted molar refractivity (Wildman–Crippen MR) is 92.4 cm³/mol. The molecule has 2 aromatic carbocycles. The number of benzene rings is 2. The molecule has 0 spiro atoms. The molecule has 1 atom stereocenters. The van der Waals surface area contributed by atoms with Crippen molar-refractivity contribution in [3.8, 4) is 0 Å². The Labute approximate surface area is 145 Å². The van der Waals surface area contributed by atoms with Crippen LogP contribution in [-0.2, 0) is 19.6 Å². The molecule has 0 aromatic heterocycles. The maximum atomic E-state index is 12.2. The molecule has 25 heavy (non-hydrogen) atoms. The Hall–Kier alpha value is -2.45. The second-order valence-corrected chi connectivity index (χ2v) is 8.04. The minimum Gasteiger partial charge on any atom is -0.479 e. The van der Waals surface area contributed by atoms with E-state index in [9.17, 15) is 23.1 Å². The van der Waals surface area contributed by atoms with Crippen molar-refractivity contribution in [3.63, 3.8) is 0 Å².